The van der Waals surface area contributed by atoms with E-state index < -0.39 is 18.1 Å². The van der Waals surface area contributed by atoms with Crippen LogP contribution in [-0.2, 0) is 25.6 Å². The van der Waals surface area contributed by atoms with Crippen molar-refractivity contribution in [3.8, 4) is 11.3 Å². The summed E-state index contributed by atoms with van der Waals surface area (Å²) < 4.78 is 11.4. The van der Waals surface area contributed by atoms with Crippen molar-refractivity contribution in [3.63, 3.8) is 0 Å². The molecule has 2 saturated heterocycles. The Hall–Kier alpha value is -3.43. The van der Waals surface area contributed by atoms with E-state index in [0.717, 1.165) is 11.3 Å². The second-order valence-corrected chi connectivity index (χ2v) is 7.28. The summed E-state index contributed by atoms with van der Waals surface area (Å²) >= 11 is 0. The van der Waals surface area contributed by atoms with Gasteiger partial charge in [-0.05, 0) is 31.0 Å². The fourth-order valence-electron chi connectivity index (χ4n) is 3.90. The van der Waals surface area contributed by atoms with E-state index in [9.17, 15) is 14.4 Å². The van der Waals surface area contributed by atoms with Crippen LogP contribution in [0.4, 0.5) is 4.79 Å². The molecule has 2 fully saturated rings. The maximum absolute atomic E-state index is 12.7. The first-order valence-electron chi connectivity index (χ1n) is 9.81. The van der Waals surface area contributed by atoms with Crippen LogP contribution < -0.4 is 0 Å². The molecule has 2 aromatic rings. The minimum atomic E-state index is -0.718. The van der Waals surface area contributed by atoms with Gasteiger partial charge in [-0.3, -0.25) is 19.4 Å². The number of rotatable bonds is 5. The van der Waals surface area contributed by atoms with Gasteiger partial charge in [0, 0.05) is 43.3 Å². The predicted octanol–water partition coefficient (Wildman–Crippen LogP) is 0.930. The molecule has 2 aliphatic rings. The second kappa shape index (κ2) is 8.52. The number of aromatic nitrogens is 3. The lowest BCUT2D eigenvalue weighted by molar-refractivity contribution is -0.146. The highest BCUT2D eigenvalue weighted by Crippen LogP contribution is 2.25. The van der Waals surface area contributed by atoms with Crippen molar-refractivity contribution in [2.75, 3.05) is 26.8 Å². The van der Waals surface area contributed by atoms with Crippen LogP contribution >= 0.6 is 0 Å². The summed E-state index contributed by atoms with van der Waals surface area (Å²) in [6, 6.07) is 4.73. The number of piperidine rings is 1. The van der Waals surface area contributed by atoms with Gasteiger partial charge in [0.15, 0.2) is 6.04 Å². The molecule has 10 heteroatoms. The van der Waals surface area contributed by atoms with Gasteiger partial charge >= 0.3 is 12.1 Å². The summed E-state index contributed by atoms with van der Waals surface area (Å²) in [7, 11) is 1.29. The molecule has 0 N–H and O–H groups in total. The molecule has 4 heterocycles. The van der Waals surface area contributed by atoms with Crippen molar-refractivity contribution in [2.24, 2.45) is 0 Å². The van der Waals surface area contributed by atoms with E-state index >= 15 is 0 Å². The Kier molecular flexibility index (Phi) is 5.64. The number of pyridine rings is 1. The normalized spacial score (nSPS) is 19.6. The van der Waals surface area contributed by atoms with Crippen LogP contribution in [0, 0.1) is 0 Å². The van der Waals surface area contributed by atoms with E-state index in [1.807, 2.05) is 18.2 Å². The molecule has 0 spiro atoms. The lowest BCUT2D eigenvalue weighted by atomic mass is 10.0. The van der Waals surface area contributed by atoms with E-state index in [0.29, 0.717) is 25.9 Å². The SMILES string of the molecule is COC(=O)[C@H]1COC(=O)N1C1CCN(C(=O)Cn2ccc(-c3cccnc3)n2)CC1. The molecule has 0 bridgehead atoms. The molecule has 0 aromatic carbocycles. The highest BCUT2D eigenvalue weighted by molar-refractivity contribution is 5.84. The standard InChI is InChI=1S/C20H23N5O5/c1-29-19(27)17-13-30-20(28)25(17)15-4-8-23(9-5-15)18(26)12-24-10-6-16(22-24)14-3-2-7-21-11-14/h2-3,6-7,10-11,15,17H,4-5,8-9,12-13H2,1H3/t17-/m1/s1. The van der Waals surface area contributed by atoms with E-state index in [-0.39, 0.29) is 25.1 Å². The monoisotopic (exact) mass is 413 g/mol. The van der Waals surface area contributed by atoms with Crippen LogP contribution in [-0.4, -0.2) is 81.4 Å². The molecular weight excluding hydrogens is 390 g/mol. The molecule has 2 amide bonds. The molecule has 4 rings (SSSR count). The van der Waals surface area contributed by atoms with Gasteiger partial charge in [0.25, 0.3) is 0 Å². The number of esters is 1. The summed E-state index contributed by atoms with van der Waals surface area (Å²) in [6.45, 7) is 1.14. The molecule has 0 saturated carbocycles. The van der Waals surface area contributed by atoms with Gasteiger partial charge in [0.05, 0.1) is 12.8 Å². The quantitative estimate of drug-likeness (QED) is 0.671. The summed E-state index contributed by atoms with van der Waals surface area (Å²) in [6.07, 6.45) is 5.85. The lowest BCUT2D eigenvalue weighted by Gasteiger charge is -2.37. The molecule has 0 aliphatic carbocycles. The first-order valence-corrected chi connectivity index (χ1v) is 9.81. The van der Waals surface area contributed by atoms with Crippen molar-refractivity contribution in [1.82, 2.24) is 24.6 Å². The third kappa shape index (κ3) is 3.98. The molecule has 2 aromatic heterocycles. The van der Waals surface area contributed by atoms with Crippen molar-refractivity contribution in [1.29, 1.82) is 0 Å². The topological polar surface area (TPSA) is 107 Å². The average molecular weight is 413 g/mol. The molecule has 30 heavy (non-hydrogen) atoms. The third-order valence-electron chi connectivity index (χ3n) is 5.49. The smallest absolute Gasteiger partial charge is 0.410 e. The van der Waals surface area contributed by atoms with E-state index in [4.69, 9.17) is 9.47 Å². The number of hydrogen-bond donors (Lipinski definition) is 0. The van der Waals surface area contributed by atoms with Gasteiger partial charge in [0.1, 0.15) is 13.2 Å². The number of methoxy groups -OCH3 is 1. The Labute approximate surface area is 173 Å². The third-order valence-corrected chi connectivity index (χ3v) is 5.49. The summed E-state index contributed by atoms with van der Waals surface area (Å²) in [5.74, 6) is -0.523. The first-order chi connectivity index (χ1) is 14.6. The van der Waals surface area contributed by atoms with Gasteiger partial charge in [-0.2, -0.15) is 5.10 Å². The number of nitrogens with zero attached hydrogens (tertiary/aromatic N) is 5. The van der Waals surface area contributed by atoms with Crippen LogP contribution in [0.25, 0.3) is 11.3 Å². The largest absolute Gasteiger partial charge is 0.467 e. The molecule has 0 radical (unpaired) electrons. The van der Waals surface area contributed by atoms with Crippen molar-refractivity contribution < 1.29 is 23.9 Å². The van der Waals surface area contributed by atoms with Crippen molar-refractivity contribution in [3.05, 3.63) is 36.8 Å². The highest BCUT2D eigenvalue weighted by Gasteiger charge is 2.44. The summed E-state index contributed by atoms with van der Waals surface area (Å²) in [4.78, 5) is 44.0. The van der Waals surface area contributed by atoms with Gasteiger partial charge in [-0.15, -0.1) is 0 Å². The Morgan fingerprint density at radius 3 is 2.77 bits per heavy atom. The zero-order chi connectivity index (χ0) is 21.1. The second-order valence-electron chi connectivity index (χ2n) is 7.28. The van der Waals surface area contributed by atoms with Crippen LogP contribution in [0.15, 0.2) is 36.8 Å². The predicted molar refractivity (Wildman–Crippen MR) is 104 cm³/mol. The molecule has 158 valence electrons. The summed E-state index contributed by atoms with van der Waals surface area (Å²) in [5.41, 5.74) is 1.65. The van der Waals surface area contributed by atoms with Crippen molar-refractivity contribution >= 4 is 18.0 Å². The molecule has 2 aliphatic heterocycles. The lowest BCUT2D eigenvalue weighted by Crippen LogP contribution is -2.52. The Balaban J connectivity index is 1.33. The number of carbonyl (C=O) groups is 3. The van der Waals surface area contributed by atoms with E-state index in [2.05, 4.69) is 10.1 Å². The highest BCUT2D eigenvalue weighted by atomic mass is 16.6. The van der Waals surface area contributed by atoms with Crippen LogP contribution in [0.2, 0.25) is 0 Å². The van der Waals surface area contributed by atoms with Gasteiger partial charge in [-0.1, -0.05) is 0 Å². The number of amides is 2. The Morgan fingerprint density at radius 1 is 1.27 bits per heavy atom. The average Bonchev–Trinajstić information content (AvgIpc) is 3.40. The van der Waals surface area contributed by atoms with Crippen LogP contribution in [0.3, 0.4) is 0 Å². The maximum atomic E-state index is 12.7. The number of carbonyl (C=O) groups excluding carboxylic acids is 3. The van der Waals surface area contributed by atoms with Crippen LogP contribution in [0.5, 0.6) is 0 Å². The molecule has 1 atom stereocenters. The molecule has 0 unspecified atom stereocenters. The zero-order valence-corrected chi connectivity index (χ0v) is 16.6. The molecule has 10 nitrogen and oxygen atoms in total. The van der Waals surface area contributed by atoms with Crippen LogP contribution in [0.1, 0.15) is 12.8 Å². The number of likely N-dealkylation sites (tertiary alicyclic amines) is 1. The van der Waals surface area contributed by atoms with Gasteiger partial charge in [-0.25, -0.2) is 9.59 Å². The fourth-order valence-corrected chi connectivity index (χ4v) is 3.90. The fraction of sp³-hybridized carbons (Fsp3) is 0.450. The maximum Gasteiger partial charge on any atom is 0.410 e. The Bertz CT molecular complexity index is 923. The zero-order valence-electron chi connectivity index (χ0n) is 16.6. The minimum absolute atomic E-state index is 0.00319. The van der Waals surface area contributed by atoms with E-state index in [1.165, 1.54) is 12.0 Å². The van der Waals surface area contributed by atoms with Crippen molar-refractivity contribution in [2.45, 2.75) is 31.5 Å². The number of ether oxygens (including phenoxy) is 2. The number of hydrogen-bond acceptors (Lipinski definition) is 7. The summed E-state index contributed by atoms with van der Waals surface area (Å²) in [5, 5.41) is 4.45. The minimum Gasteiger partial charge on any atom is -0.467 e. The number of cyclic esters (lactones) is 1. The Morgan fingerprint density at radius 2 is 2.07 bits per heavy atom. The van der Waals surface area contributed by atoms with E-state index in [1.54, 1.807) is 28.2 Å². The first kappa shape index (κ1) is 19.9. The van der Waals surface area contributed by atoms with Gasteiger partial charge < -0.3 is 14.4 Å². The molecular formula is C20H23N5O5. The van der Waals surface area contributed by atoms with Gasteiger partial charge in [0.2, 0.25) is 5.91 Å².